The number of nitrogens with one attached hydrogen (secondary N) is 1. The number of nitrogens with zero attached hydrogens (tertiary/aromatic N) is 2. The van der Waals surface area contributed by atoms with Gasteiger partial charge in [0.1, 0.15) is 0 Å². The molecule has 0 aliphatic carbocycles. The molecular weight excluding hydrogens is 222 g/mol. The van der Waals surface area contributed by atoms with Gasteiger partial charge in [-0.1, -0.05) is 13.8 Å². The first-order valence-electron chi connectivity index (χ1n) is 7.72. The third-order valence-corrected chi connectivity index (χ3v) is 4.64. The summed E-state index contributed by atoms with van der Waals surface area (Å²) >= 11 is 0. The predicted octanol–water partition coefficient (Wildman–Crippen LogP) is 1.65. The van der Waals surface area contributed by atoms with Crippen LogP contribution in [-0.2, 0) is 0 Å². The van der Waals surface area contributed by atoms with Crippen LogP contribution < -0.4 is 5.32 Å². The Bertz CT molecular complexity index is 254. The summed E-state index contributed by atoms with van der Waals surface area (Å²) in [4.78, 5) is 5.26. The van der Waals surface area contributed by atoms with Gasteiger partial charge >= 0.3 is 0 Å². The lowest BCUT2D eigenvalue weighted by atomic mass is 9.93. The third kappa shape index (κ3) is 3.69. The van der Waals surface area contributed by atoms with Gasteiger partial charge in [0.15, 0.2) is 0 Å². The van der Waals surface area contributed by atoms with E-state index in [1.54, 1.807) is 0 Å². The quantitative estimate of drug-likeness (QED) is 0.825. The minimum absolute atomic E-state index is 0.654. The Labute approximate surface area is 113 Å². The standard InChI is InChI=1S/C15H31N3/c1-12(2)15-8-16-13(3)9-18(15)11-14-6-5-7-17(4)10-14/h12-16H,5-11H2,1-4H3. The first kappa shape index (κ1) is 14.3. The maximum Gasteiger partial charge on any atom is 0.0244 e. The summed E-state index contributed by atoms with van der Waals surface area (Å²) in [6.07, 6.45) is 2.81. The molecule has 3 atom stereocenters. The Morgan fingerprint density at radius 1 is 1.28 bits per heavy atom. The second-order valence-electron chi connectivity index (χ2n) is 6.85. The minimum atomic E-state index is 0.654. The molecule has 106 valence electrons. The molecule has 3 nitrogen and oxygen atoms in total. The van der Waals surface area contributed by atoms with Gasteiger partial charge in [0.2, 0.25) is 0 Å². The molecular formula is C15H31N3. The highest BCUT2D eigenvalue weighted by Crippen LogP contribution is 2.21. The van der Waals surface area contributed by atoms with Crippen molar-refractivity contribution in [3.05, 3.63) is 0 Å². The highest BCUT2D eigenvalue weighted by atomic mass is 15.2. The molecule has 0 bridgehead atoms. The van der Waals surface area contributed by atoms with Crippen LogP contribution >= 0.6 is 0 Å². The molecule has 0 aromatic carbocycles. The fourth-order valence-corrected chi connectivity index (χ4v) is 3.62. The van der Waals surface area contributed by atoms with Gasteiger partial charge in [-0.2, -0.15) is 0 Å². The Balaban J connectivity index is 1.91. The van der Waals surface area contributed by atoms with E-state index in [-0.39, 0.29) is 0 Å². The average molecular weight is 253 g/mol. The first-order chi connectivity index (χ1) is 8.56. The monoisotopic (exact) mass is 253 g/mol. The van der Waals surface area contributed by atoms with Gasteiger partial charge < -0.3 is 10.2 Å². The Morgan fingerprint density at radius 2 is 2.06 bits per heavy atom. The number of rotatable bonds is 3. The number of hydrogen-bond donors (Lipinski definition) is 1. The summed E-state index contributed by atoms with van der Waals surface area (Å²) in [7, 11) is 2.27. The van der Waals surface area contributed by atoms with Gasteiger partial charge in [-0.25, -0.2) is 0 Å². The van der Waals surface area contributed by atoms with Crippen LogP contribution in [0.4, 0.5) is 0 Å². The molecule has 1 N–H and O–H groups in total. The van der Waals surface area contributed by atoms with E-state index in [2.05, 4.69) is 42.9 Å². The van der Waals surface area contributed by atoms with Crippen LogP contribution in [0, 0.1) is 11.8 Å². The van der Waals surface area contributed by atoms with Gasteiger partial charge in [-0.05, 0) is 45.2 Å². The minimum Gasteiger partial charge on any atom is -0.311 e. The predicted molar refractivity (Wildman–Crippen MR) is 77.9 cm³/mol. The van der Waals surface area contributed by atoms with Gasteiger partial charge in [0.25, 0.3) is 0 Å². The Hall–Kier alpha value is -0.120. The first-order valence-corrected chi connectivity index (χ1v) is 7.72. The maximum atomic E-state index is 3.64. The van der Waals surface area contributed by atoms with Gasteiger partial charge in [0.05, 0.1) is 0 Å². The van der Waals surface area contributed by atoms with Crippen molar-refractivity contribution in [3.8, 4) is 0 Å². The zero-order chi connectivity index (χ0) is 13.1. The molecule has 0 saturated carbocycles. The van der Waals surface area contributed by atoms with E-state index < -0.39 is 0 Å². The number of hydrogen-bond acceptors (Lipinski definition) is 3. The van der Waals surface area contributed by atoms with Gasteiger partial charge in [-0.3, -0.25) is 4.90 Å². The van der Waals surface area contributed by atoms with Gasteiger partial charge in [-0.15, -0.1) is 0 Å². The van der Waals surface area contributed by atoms with E-state index in [0.29, 0.717) is 6.04 Å². The van der Waals surface area contributed by atoms with Crippen LogP contribution in [0.5, 0.6) is 0 Å². The summed E-state index contributed by atoms with van der Waals surface area (Å²) in [5, 5.41) is 3.64. The largest absolute Gasteiger partial charge is 0.311 e. The number of piperidine rings is 1. The van der Waals surface area contributed by atoms with E-state index in [9.17, 15) is 0 Å². The molecule has 0 aromatic rings. The van der Waals surface area contributed by atoms with Crippen LogP contribution in [0.25, 0.3) is 0 Å². The summed E-state index contributed by atoms with van der Waals surface area (Å²) in [5.74, 6) is 1.64. The second-order valence-corrected chi connectivity index (χ2v) is 6.85. The van der Waals surface area contributed by atoms with Crippen molar-refractivity contribution in [3.63, 3.8) is 0 Å². The lowest BCUT2D eigenvalue weighted by molar-refractivity contribution is 0.0669. The van der Waals surface area contributed by atoms with Crippen molar-refractivity contribution in [2.75, 3.05) is 39.8 Å². The summed E-state index contributed by atoms with van der Waals surface area (Å²) in [5.41, 5.74) is 0. The van der Waals surface area contributed by atoms with Crippen molar-refractivity contribution in [2.24, 2.45) is 11.8 Å². The molecule has 2 saturated heterocycles. The molecule has 2 heterocycles. The average Bonchev–Trinajstić information content (AvgIpc) is 2.28. The lowest BCUT2D eigenvalue weighted by Crippen LogP contribution is -2.58. The highest BCUT2D eigenvalue weighted by molar-refractivity contribution is 4.88. The lowest BCUT2D eigenvalue weighted by Gasteiger charge is -2.44. The van der Waals surface area contributed by atoms with Gasteiger partial charge in [0, 0.05) is 38.3 Å². The van der Waals surface area contributed by atoms with E-state index in [4.69, 9.17) is 0 Å². The third-order valence-electron chi connectivity index (χ3n) is 4.64. The highest BCUT2D eigenvalue weighted by Gasteiger charge is 2.30. The second kappa shape index (κ2) is 6.36. The van der Waals surface area contributed by atoms with E-state index in [1.165, 1.54) is 45.6 Å². The molecule has 0 amide bonds. The Kier molecular flexibility index (Phi) is 5.05. The zero-order valence-electron chi connectivity index (χ0n) is 12.7. The summed E-state index contributed by atoms with van der Waals surface area (Å²) < 4.78 is 0. The maximum absolute atomic E-state index is 3.64. The van der Waals surface area contributed by atoms with Crippen molar-refractivity contribution in [2.45, 2.75) is 45.7 Å². The van der Waals surface area contributed by atoms with Crippen molar-refractivity contribution in [1.29, 1.82) is 0 Å². The molecule has 18 heavy (non-hydrogen) atoms. The smallest absolute Gasteiger partial charge is 0.0244 e. The topological polar surface area (TPSA) is 18.5 Å². The Morgan fingerprint density at radius 3 is 2.72 bits per heavy atom. The molecule has 0 spiro atoms. The molecule has 3 unspecified atom stereocenters. The zero-order valence-corrected chi connectivity index (χ0v) is 12.7. The van der Waals surface area contributed by atoms with E-state index in [1.807, 2.05) is 0 Å². The van der Waals surface area contributed by atoms with Crippen molar-refractivity contribution < 1.29 is 0 Å². The molecule has 2 aliphatic rings. The molecule has 3 heteroatoms. The van der Waals surface area contributed by atoms with Crippen LogP contribution in [0.3, 0.4) is 0 Å². The van der Waals surface area contributed by atoms with Crippen LogP contribution in [-0.4, -0.2) is 61.7 Å². The van der Waals surface area contributed by atoms with Crippen molar-refractivity contribution >= 4 is 0 Å². The molecule has 2 fully saturated rings. The number of likely N-dealkylation sites (tertiary alicyclic amines) is 1. The van der Waals surface area contributed by atoms with E-state index in [0.717, 1.165) is 17.9 Å². The summed E-state index contributed by atoms with van der Waals surface area (Å²) in [6.45, 7) is 13.3. The van der Waals surface area contributed by atoms with Crippen molar-refractivity contribution in [1.82, 2.24) is 15.1 Å². The van der Waals surface area contributed by atoms with Crippen LogP contribution in [0.15, 0.2) is 0 Å². The molecule has 2 aliphatic heterocycles. The SMILES string of the molecule is CC1CN(CC2CCCN(C)C2)C(C(C)C)CN1. The van der Waals surface area contributed by atoms with Crippen LogP contribution in [0.2, 0.25) is 0 Å². The molecule has 2 rings (SSSR count). The fraction of sp³-hybridized carbons (Fsp3) is 1.00. The summed E-state index contributed by atoms with van der Waals surface area (Å²) in [6, 6.07) is 1.38. The molecule has 0 radical (unpaired) electrons. The normalized spacial score (nSPS) is 36.2. The molecule has 0 aromatic heterocycles. The van der Waals surface area contributed by atoms with E-state index >= 15 is 0 Å². The van der Waals surface area contributed by atoms with Crippen LogP contribution in [0.1, 0.15) is 33.6 Å². The number of piperazine rings is 1. The fourth-order valence-electron chi connectivity index (χ4n) is 3.62.